The molecule has 2 N–H and O–H groups in total. The SMILES string of the molecule is CCCNCc1ccc(SCc2ccc(O)cc2)cc1. The Balaban J connectivity index is 1.82. The Bertz CT molecular complexity index is 508. The van der Waals surface area contributed by atoms with Gasteiger partial charge in [-0.25, -0.2) is 0 Å². The summed E-state index contributed by atoms with van der Waals surface area (Å²) < 4.78 is 0. The first-order valence-electron chi connectivity index (χ1n) is 6.98. The minimum absolute atomic E-state index is 0.322. The molecular formula is C17H21NOS. The summed E-state index contributed by atoms with van der Waals surface area (Å²) in [5.41, 5.74) is 2.55. The van der Waals surface area contributed by atoms with E-state index in [-0.39, 0.29) is 0 Å². The van der Waals surface area contributed by atoms with Crippen LogP contribution in [0, 0.1) is 0 Å². The third-order valence-corrected chi connectivity index (χ3v) is 4.10. The van der Waals surface area contributed by atoms with E-state index in [1.54, 1.807) is 12.1 Å². The van der Waals surface area contributed by atoms with Gasteiger partial charge in [0.25, 0.3) is 0 Å². The molecule has 3 heteroatoms. The molecule has 0 spiro atoms. The van der Waals surface area contributed by atoms with Crippen molar-refractivity contribution in [3.8, 4) is 5.75 Å². The quantitative estimate of drug-likeness (QED) is 0.592. The lowest BCUT2D eigenvalue weighted by atomic mass is 10.2. The summed E-state index contributed by atoms with van der Waals surface area (Å²) in [6.45, 7) is 4.18. The first kappa shape index (κ1) is 14.9. The molecular weight excluding hydrogens is 266 g/mol. The van der Waals surface area contributed by atoms with Gasteiger partial charge in [-0.15, -0.1) is 11.8 Å². The Labute approximate surface area is 125 Å². The fourth-order valence-electron chi connectivity index (χ4n) is 1.87. The zero-order valence-electron chi connectivity index (χ0n) is 11.8. The highest BCUT2D eigenvalue weighted by Gasteiger charge is 1.98. The van der Waals surface area contributed by atoms with E-state index in [0.29, 0.717) is 5.75 Å². The van der Waals surface area contributed by atoms with Crippen LogP contribution in [-0.4, -0.2) is 11.7 Å². The molecule has 0 amide bonds. The van der Waals surface area contributed by atoms with Gasteiger partial charge in [0, 0.05) is 17.2 Å². The number of nitrogens with one attached hydrogen (secondary N) is 1. The first-order chi connectivity index (χ1) is 9.78. The normalized spacial score (nSPS) is 10.7. The lowest BCUT2D eigenvalue weighted by molar-refractivity contribution is 0.475. The highest BCUT2D eigenvalue weighted by atomic mass is 32.2. The first-order valence-corrected chi connectivity index (χ1v) is 7.97. The van der Waals surface area contributed by atoms with Crippen molar-refractivity contribution < 1.29 is 5.11 Å². The van der Waals surface area contributed by atoms with Crippen LogP contribution in [0.5, 0.6) is 5.75 Å². The molecule has 2 aromatic rings. The summed E-state index contributed by atoms with van der Waals surface area (Å²) >= 11 is 1.81. The molecule has 106 valence electrons. The van der Waals surface area contributed by atoms with Crippen molar-refractivity contribution in [1.82, 2.24) is 5.32 Å². The Morgan fingerprint density at radius 3 is 2.25 bits per heavy atom. The van der Waals surface area contributed by atoms with Crippen molar-refractivity contribution >= 4 is 11.8 Å². The third-order valence-electron chi connectivity index (χ3n) is 3.02. The number of aromatic hydroxyl groups is 1. The smallest absolute Gasteiger partial charge is 0.115 e. The van der Waals surface area contributed by atoms with Gasteiger partial charge in [0.15, 0.2) is 0 Å². The van der Waals surface area contributed by atoms with Gasteiger partial charge in [-0.05, 0) is 48.4 Å². The third kappa shape index (κ3) is 4.91. The van der Waals surface area contributed by atoms with E-state index in [4.69, 9.17) is 0 Å². The molecule has 0 bridgehead atoms. The van der Waals surface area contributed by atoms with E-state index in [0.717, 1.165) is 18.8 Å². The molecule has 0 heterocycles. The topological polar surface area (TPSA) is 32.3 Å². The molecule has 0 aromatic heterocycles. The maximum atomic E-state index is 9.25. The van der Waals surface area contributed by atoms with Crippen LogP contribution in [0.15, 0.2) is 53.4 Å². The van der Waals surface area contributed by atoms with Crippen LogP contribution in [0.4, 0.5) is 0 Å². The fourth-order valence-corrected chi connectivity index (χ4v) is 2.73. The summed E-state index contributed by atoms with van der Waals surface area (Å²) in [7, 11) is 0. The lowest BCUT2D eigenvalue weighted by Crippen LogP contribution is -2.13. The molecule has 0 saturated heterocycles. The Hall–Kier alpha value is -1.45. The minimum atomic E-state index is 0.322. The lowest BCUT2D eigenvalue weighted by Gasteiger charge is -2.06. The van der Waals surface area contributed by atoms with Crippen molar-refractivity contribution in [1.29, 1.82) is 0 Å². The van der Waals surface area contributed by atoms with Crippen LogP contribution in [-0.2, 0) is 12.3 Å². The highest BCUT2D eigenvalue weighted by Crippen LogP contribution is 2.24. The molecule has 0 atom stereocenters. The molecule has 0 fully saturated rings. The predicted octanol–water partition coefficient (Wildman–Crippen LogP) is 4.18. The molecule has 0 aliphatic carbocycles. The largest absolute Gasteiger partial charge is 0.508 e. The Morgan fingerprint density at radius 2 is 1.60 bits per heavy atom. The van der Waals surface area contributed by atoms with Crippen LogP contribution < -0.4 is 5.32 Å². The van der Waals surface area contributed by atoms with Crippen molar-refractivity contribution in [3.05, 3.63) is 59.7 Å². The van der Waals surface area contributed by atoms with Gasteiger partial charge in [0.1, 0.15) is 5.75 Å². The van der Waals surface area contributed by atoms with Crippen molar-refractivity contribution in [2.75, 3.05) is 6.54 Å². The molecule has 0 radical (unpaired) electrons. The summed E-state index contributed by atoms with van der Waals surface area (Å²) in [6.07, 6.45) is 1.17. The number of hydrogen-bond acceptors (Lipinski definition) is 3. The van der Waals surface area contributed by atoms with E-state index in [9.17, 15) is 5.11 Å². The maximum absolute atomic E-state index is 9.25. The number of hydrogen-bond donors (Lipinski definition) is 2. The van der Waals surface area contributed by atoms with Gasteiger partial charge < -0.3 is 10.4 Å². The summed E-state index contributed by atoms with van der Waals surface area (Å²) in [5.74, 6) is 1.25. The minimum Gasteiger partial charge on any atom is -0.508 e. The van der Waals surface area contributed by atoms with Crippen molar-refractivity contribution in [3.63, 3.8) is 0 Å². The second kappa shape index (κ2) is 7.98. The van der Waals surface area contributed by atoms with Gasteiger partial charge in [-0.2, -0.15) is 0 Å². The average molecular weight is 287 g/mol. The van der Waals surface area contributed by atoms with Crippen LogP contribution >= 0.6 is 11.8 Å². The second-order valence-corrected chi connectivity index (χ2v) is 5.82. The predicted molar refractivity (Wildman–Crippen MR) is 86.1 cm³/mol. The van der Waals surface area contributed by atoms with E-state index >= 15 is 0 Å². The standard InChI is InChI=1S/C17H21NOS/c1-2-11-18-12-14-5-9-17(10-6-14)20-13-15-3-7-16(19)8-4-15/h3-10,18-19H,2,11-13H2,1H3. The van der Waals surface area contributed by atoms with Gasteiger partial charge in [-0.3, -0.25) is 0 Å². The van der Waals surface area contributed by atoms with Crippen LogP contribution in [0.2, 0.25) is 0 Å². The molecule has 0 saturated carbocycles. The molecule has 20 heavy (non-hydrogen) atoms. The zero-order chi connectivity index (χ0) is 14.2. The van der Waals surface area contributed by atoms with Gasteiger partial charge in [0.2, 0.25) is 0 Å². The van der Waals surface area contributed by atoms with Crippen molar-refractivity contribution in [2.45, 2.75) is 30.5 Å². The summed E-state index contributed by atoms with van der Waals surface area (Å²) in [4.78, 5) is 1.28. The fraction of sp³-hybridized carbons (Fsp3) is 0.294. The van der Waals surface area contributed by atoms with Gasteiger partial charge in [0.05, 0.1) is 0 Å². The number of benzene rings is 2. The van der Waals surface area contributed by atoms with E-state index < -0.39 is 0 Å². The number of phenols is 1. The Kier molecular flexibility index (Phi) is 5.96. The monoisotopic (exact) mass is 287 g/mol. The molecule has 0 aliphatic rings. The number of rotatable bonds is 7. The van der Waals surface area contributed by atoms with E-state index in [2.05, 4.69) is 36.5 Å². The molecule has 2 nitrogen and oxygen atoms in total. The van der Waals surface area contributed by atoms with Gasteiger partial charge in [-0.1, -0.05) is 31.2 Å². The zero-order valence-corrected chi connectivity index (χ0v) is 12.6. The van der Waals surface area contributed by atoms with E-state index in [1.165, 1.54) is 22.4 Å². The molecule has 0 aliphatic heterocycles. The van der Waals surface area contributed by atoms with Crippen LogP contribution in [0.3, 0.4) is 0 Å². The van der Waals surface area contributed by atoms with Crippen LogP contribution in [0.25, 0.3) is 0 Å². The number of phenolic OH excluding ortho intramolecular Hbond substituents is 1. The average Bonchev–Trinajstić information content (AvgIpc) is 2.48. The summed E-state index contributed by atoms with van der Waals surface area (Å²) in [5, 5.41) is 12.7. The molecule has 2 rings (SSSR count). The van der Waals surface area contributed by atoms with Gasteiger partial charge >= 0.3 is 0 Å². The van der Waals surface area contributed by atoms with Crippen LogP contribution in [0.1, 0.15) is 24.5 Å². The molecule has 2 aromatic carbocycles. The summed E-state index contributed by atoms with van der Waals surface area (Å²) in [6, 6.07) is 16.1. The van der Waals surface area contributed by atoms with E-state index in [1.807, 2.05) is 23.9 Å². The second-order valence-electron chi connectivity index (χ2n) is 4.78. The maximum Gasteiger partial charge on any atom is 0.115 e. The highest BCUT2D eigenvalue weighted by molar-refractivity contribution is 7.98. The molecule has 0 unspecified atom stereocenters. The number of thioether (sulfide) groups is 1. The van der Waals surface area contributed by atoms with Crippen molar-refractivity contribution in [2.24, 2.45) is 0 Å². The Morgan fingerprint density at radius 1 is 0.950 bits per heavy atom.